The molecule has 1 aromatic rings. The summed E-state index contributed by atoms with van der Waals surface area (Å²) in [6, 6.07) is 0.209. The first-order chi connectivity index (χ1) is 10.1. The van der Waals surface area contributed by atoms with E-state index in [1.165, 1.54) is 0 Å². The summed E-state index contributed by atoms with van der Waals surface area (Å²) in [5.74, 6) is 0.0745. The molecule has 21 heavy (non-hydrogen) atoms. The number of rotatable bonds is 6. The van der Waals surface area contributed by atoms with Gasteiger partial charge >= 0.3 is 0 Å². The molecule has 2 heterocycles. The van der Waals surface area contributed by atoms with Gasteiger partial charge in [0.05, 0.1) is 25.4 Å². The second-order valence-corrected chi connectivity index (χ2v) is 5.69. The molecule has 2 rings (SSSR count). The third-order valence-corrected chi connectivity index (χ3v) is 3.88. The van der Waals surface area contributed by atoms with Crippen molar-refractivity contribution in [2.75, 3.05) is 13.2 Å². The van der Waals surface area contributed by atoms with Crippen molar-refractivity contribution >= 4 is 5.91 Å². The fraction of sp³-hybridized carbons (Fsp3) is 0.625. The molecule has 1 fully saturated rings. The molecule has 1 aliphatic heterocycles. The predicted molar refractivity (Wildman–Crippen MR) is 81.9 cm³/mol. The van der Waals surface area contributed by atoms with E-state index in [4.69, 9.17) is 4.74 Å². The van der Waals surface area contributed by atoms with Gasteiger partial charge in [-0.25, -0.2) is 0 Å². The number of likely N-dealkylation sites (tertiary alicyclic amines) is 1. The first kappa shape index (κ1) is 15.8. The summed E-state index contributed by atoms with van der Waals surface area (Å²) in [4.78, 5) is 14.5. The molecule has 0 saturated carbocycles. The van der Waals surface area contributed by atoms with Crippen LogP contribution in [0.3, 0.4) is 0 Å². The smallest absolute Gasteiger partial charge is 0.251 e. The number of piperidine rings is 1. The van der Waals surface area contributed by atoms with Crippen LogP contribution in [0.5, 0.6) is 0 Å². The van der Waals surface area contributed by atoms with E-state index < -0.39 is 6.10 Å². The molecule has 1 amide bonds. The van der Waals surface area contributed by atoms with E-state index in [0.29, 0.717) is 6.61 Å². The molecule has 0 radical (unpaired) electrons. The SMILES string of the molecule is C=CCOC(C)C(=O)N1CCCCC1Cn1cc(C)cn1. The van der Waals surface area contributed by atoms with E-state index in [9.17, 15) is 4.79 Å². The summed E-state index contributed by atoms with van der Waals surface area (Å²) in [7, 11) is 0. The molecule has 1 aromatic heterocycles. The van der Waals surface area contributed by atoms with Gasteiger partial charge in [-0.05, 0) is 38.7 Å². The number of hydrogen-bond donors (Lipinski definition) is 0. The van der Waals surface area contributed by atoms with Gasteiger partial charge in [0.25, 0.3) is 5.91 Å². The Morgan fingerprint density at radius 1 is 1.62 bits per heavy atom. The number of carbonyl (C=O) groups is 1. The number of nitrogens with zero attached hydrogens (tertiary/aromatic N) is 3. The second-order valence-electron chi connectivity index (χ2n) is 5.69. The van der Waals surface area contributed by atoms with Crippen LogP contribution in [-0.4, -0.2) is 45.9 Å². The molecule has 1 saturated heterocycles. The Kier molecular flexibility index (Phi) is 5.56. The van der Waals surface area contributed by atoms with Gasteiger partial charge in [-0.15, -0.1) is 6.58 Å². The molecular formula is C16H25N3O2. The average molecular weight is 291 g/mol. The summed E-state index contributed by atoms with van der Waals surface area (Å²) < 4.78 is 7.41. The van der Waals surface area contributed by atoms with Gasteiger partial charge in [0.15, 0.2) is 0 Å². The lowest BCUT2D eigenvalue weighted by Gasteiger charge is -2.37. The van der Waals surface area contributed by atoms with Crippen LogP contribution in [0.25, 0.3) is 0 Å². The highest BCUT2D eigenvalue weighted by Gasteiger charge is 2.30. The number of aryl methyl sites for hydroxylation is 1. The predicted octanol–water partition coefficient (Wildman–Crippen LogP) is 2.16. The summed E-state index contributed by atoms with van der Waals surface area (Å²) in [6.07, 6.45) is 8.39. The van der Waals surface area contributed by atoms with E-state index in [1.54, 1.807) is 6.08 Å². The van der Waals surface area contributed by atoms with Crippen molar-refractivity contribution in [1.82, 2.24) is 14.7 Å². The average Bonchev–Trinajstić information content (AvgIpc) is 2.89. The Balaban J connectivity index is 2.00. The van der Waals surface area contributed by atoms with Crippen LogP contribution in [0.1, 0.15) is 31.7 Å². The first-order valence-electron chi connectivity index (χ1n) is 7.64. The van der Waals surface area contributed by atoms with E-state index >= 15 is 0 Å². The van der Waals surface area contributed by atoms with Crippen LogP contribution >= 0.6 is 0 Å². The van der Waals surface area contributed by atoms with Crippen LogP contribution in [0, 0.1) is 6.92 Å². The molecule has 0 spiro atoms. The second kappa shape index (κ2) is 7.41. The third kappa shape index (κ3) is 4.17. The zero-order valence-corrected chi connectivity index (χ0v) is 13.0. The molecule has 2 unspecified atom stereocenters. The highest BCUT2D eigenvalue weighted by atomic mass is 16.5. The molecule has 2 atom stereocenters. The fourth-order valence-electron chi connectivity index (χ4n) is 2.78. The van der Waals surface area contributed by atoms with Gasteiger partial charge in [0.2, 0.25) is 0 Å². The Morgan fingerprint density at radius 2 is 2.43 bits per heavy atom. The molecule has 5 nitrogen and oxygen atoms in total. The van der Waals surface area contributed by atoms with Crippen molar-refractivity contribution in [1.29, 1.82) is 0 Å². The molecule has 0 bridgehead atoms. The number of amides is 1. The molecule has 0 aromatic carbocycles. The quantitative estimate of drug-likeness (QED) is 0.755. The number of aromatic nitrogens is 2. The largest absolute Gasteiger partial charge is 0.365 e. The van der Waals surface area contributed by atoms with Gasteiger partial charge in [0, 0.05) is 12.7 Å². The maximum atomic E-state index is 12.5. The molecule has 1 aliphatic rings. The van der Waals surface area contributed by atoms with Crippen LogP contribution < -0.4 is 0 Å². The minimum Gasteiger partial charge on any atom is -0.365 e. The van der Waals surface area contributed by atoms with Gasteiger partial charge in [0.1, 0.15) is 6.10 Å². The maximum absolute atomic E-state index is 12.5. The van der Waals surface area contributed by atoms with Crippen molar-refractivity contribution in [2.24, 2.45) is 0 Å². The molecule has 116 valence electrons. The standard InChI is InChI=1S/C16H25N3O2/c1-4-9-21-14(3)16(20)19-8-6-5-7-15(19)12-18-11-13(2)10-17-18/h4,10-11,14-15H,1,5-9,12H2,2-3H3. The van der Waals surface area contributed by atoms with Crippen molar-refractivity contribution < 1.29 is 9.53 Å². The van der Waals surface area contributed by atoms with Crippen molar-refractivity contribution in [3.63, 3.8) is 0 Å². The minimum absolute atomic E-state index is 0.0745. The topological polar surface area (TPSA) is 47.4 Å². The Morgan fingerprint density at radius 3 is 3.10 bits per heavy atom. The normalized spacial score (nSPS) is 20.3. The summed E-state index contributed by atoms with van der Waals surface area (Å²) >= 11 is 0. The zero-order chi connectivity index (χ0) is 15.2. The Bertz CT molecular complexity index is 484. The van der Waals surface area contributed by atoms with Gasteiger partial charge < -0.3 is 9.64 Å². The Hall–Kier alpha value is -1.62. The number of ether oxygens (including phenoxy) is 1. The molecular weight excluding hydrogens is 266 g/mol. The molecule has 0 aliphatic carbocycles. The van der Waals surface area contributed by atoms with Gasteiger partial charge in [-0.2, -0.15) is 5.10 Å². The van der Waals surface area contributed by atoms with Gasteiger partial charge in [-0.1, -0.05) is 6.08 Å². The molecule has 5 heteroatoms. The minimum atomic E-state index is -0.414. The first-order valence-corrected chi connectivity index (χ1v) is 7.64. The highest BCUT2D eigenvalue weighted by molar-refractivity contribution is 5.81. The van der Waals surface area contributed by atoms with Gasteiger partial charge in [-0.3, -0.25) is 9.48 Å². The number of hydrogen-bond acceptors (Lipinski definition) is 3. The zero-order valence-electron chi connectivity index (χ0n) is 13.0. The van der Waals surface area contributed by atoms with Crippen LogP contribution in [-0.2, 0) is 16.1 Å². The summed E-state index contributed by atoms with van der Waals surface area (Å²) in [5, 5.41) is 4.33. The summed E-state index contributed by atoms with van der Waals surface area (Å²) in [6.45, 7) is 9.43. The van der Waals surface area contributed by atoms with Crippen molar-refractivity contribution in [3.05, 3.63) is 30.6 Å². The lowest BCUT2D eigenvalue weighted by molar-refractivity contribution is -0.146. The van der Waals surface area contributed by atoms with E-state index in [-0.39, 0.29) is 11.9 Å². The van der Waals surface area contributed by atoms with E-state index in [0.717, 1.165) is 37.9 Å². The van der Waals surface area contributed by atoms with Crippen molar-refractivity contribution in [2.45, 2.75) is 51.8 Å². The molecule has 0 N–H and O–H groups in total. The van der Waals surface area contributed by atoms with Crippen molar-refractivity contribution in [3.8, 4) is 0 Å². The lowest BCUT2D eigenvalue weighted by atomic mass is 10.0. The third-order valence-electron chi connectivity index (χ3n) is 3.88. The maximum Gasteiger partial charge on any atom is 0.251 e. The van der Waals surface area contributed by atoms with E-state index in [2.05, 4.69) is 11.7 Å². The number of carbonyl (C=O) groups excluding carboxylic acids is 1. The fourth-order valence-corrected chi connectivity index (χ4v) is 2.78. The van der Waals surface area contributed by atoms with E-state index in [1.807, 2.05) is 35.8 Å². The summed E-state index contributed by atoms with van der Waals surface area (Å²) in [5.41, 5.74) is 1.14. The van der Waals surface area contributed by atoms with Crippen LogP contribution in [0.2, 0.25) is 0 Å². The monoisotopic (exact) mass is 291 g/mol. The Labute approximate surface area is 126 Å². The van der Waals surface area contributed by atoms with Crippen LogP contribution in [0.15, 0.2) is 25.0 Å². The lowest BCUT2D eigenvalue weighted by Crippen LogP contribution is -2.49. The van der Waals surface area contributed by atoms with Crippen LogP contribution in [0.4, 0.5) is 0 Å². The highest BCUT2D eigenvalue weighted by Crippen LogP contribution is 2.20.